The van der Waals surface area contributed by atoms with Crippen LogP contribution in [0, 0.1) is 11.3 Å². The van der Waals surface area contributed by atoms with Crippen LogP contribution in [0.2, 0.25) is 0 Å². The van der Waals surface area contributed by atoms with Gasteiger partial charge in [0.05, 0.1) is 17.4 Å². The lowest BCUT2D eigenvalue weighted by Crippen LogP contribution is -2.55. The number of halogens is 3. The highest BCUT2D eigenvalue weighted by Crippen LogP contribution is 2.48. The highest BCUT2D eigenvalue weighted by molar-refractivity contribution is 7.81. The van der Waals surface area contributed by atoms with E-state index in [2.05, 4.69) is 4.98 Å². The van der Waals surface area contributed by atoms with E-state index in [-0.39, 0.29) is 29.0 Å². The van der Waals surface area contributed by atoms with E-state index in [0.29, 0.717) is 24.9 Å². The van der Waals surface area contributed by atoms with Gasteiger partial charge in [-0.25, -0.2) is 4.98 Å². The Morgan fingerprint density at radius 3 is 2.46 bits per heavy atom. The van der Waals surface area contributed by atoms with Gasteiger partial charge in [0.2, 0.25) is 5.91 Å². The number of thiocarbonyl (C=S) groups is 1. The van der Waals surface area contributed by atoms with E-state index in [4.69, 9.17) is 23.2 Å². The van der Waals surface area contributed by atoms with Crippen LogP contribution in [0.4, 0.5) is 24.5 Å². The van der Waals surface area contributed by atoms with Crippen molar-refractivity contribution in [3.05, 3.63) is 53.3 Å². The number of hydrogen-bond acceptors (Lipinski definition) is 5. The lowest BCUT2D eigenvalue weighted by molar-refractivity contribution is -0.138. The molecule has 2 amide bonds. The van der Waals surface area contributed by atoms with Crippen molar-refractivity contribution in [2.45, 2.75) is 56.7 Å². The van der Waals surface area contributed by atoms with Gasteiger partial charge in [0.15, 0.2) is 10.8 Å². The van der Waals surface area contributed by atoms with Crippen molar-refractivity contribution in [1.29, 1.82) is 5.26 Å². The molecule has 4 rings (SSSR count). The van der Waals surface area contributed by atoms with Gasteiger partial charge in [-0.2, -0.15) is 18.4 Å². The van der Waals surface area contributed by atoms with Crippen LogP contribution < -0.4 is 15.5 Å². The van der Waals surface area contributed by atoms with E-state index in [1.807, 2.05) is 31.2 Å². The highest BCUT2D eigenvalue weighted by Gasteiger charge is 2.59. The number of alkyl halides is 3. The summed E-state index contributed by atoms with van der Waals surface area (Å²) in [6.45, 7) is 1.98. The topological polar surface area (TPSA) is 103 Å². The number of hydrogen-bond donors (Lipinski definition) is 1. The number of carbonyl (C=O) groups excluding carboxylic acids is 2. The molecule has 2 heterocycles. The molecule has 1 spiro atoms. The predicted octanol–water partition coefficient (Wildman–Crippen LogP) is 4.40. The number of carbonyl (C=O) groups is 2. The Hall–Kier alpha value is -3.52. The summed E-state index contributed by atoms with van der Waals surface area (Å²) >= 11 is 5.61. The molecule has 182 valence electrons. The number of benzene rings is 1. The fourth-order valence-corrected chi connectivity index (χ4v) is 5.04. The maximum absolute atomic E-state index is 13.5. The molecule has 2 aliphatic rings. The van der Waals surface area contributed by atoms with Gasteiger partial charge in [-0.15, -0.1) is 0 Å². The zero-order valence-electron chi connectivity index (χ0n) is 18.8. The lowest BCUT2D eigenvalue weighted by atomic mass is 9.75. The molecule has 2 fully saturated rings. The summed E-state index contributed by atoms with van der Waals surface area (Å²) < 4.78 is 40.5. The van der Waals surface area contributed by atoms with Gasteiger partial charge in [0.1, 0.15) is 11.6 Å². The SMILES string of the molecule is CC(CCC(N)=O)c1ccc(N2C(=S)N(c3cnc(C#N)c(C(F)(F)F)c3)C(=O)C23CCC3)cc1. The molecule has 7 nitrogen and oxygen atoms in total. The molecule has 1 atom stereocenters. The van der Waals surface area contributed by atoms with Gasteiger partial charge >= 0.3 is 6.18 Å². The number of nitriles is 1. The summed E-state index contributed by atoms with van der Waals surface area (Å²) in [6.07, 6.45) is -1.08. The smallest absolute Gasteiger partial charge is 0.370 e. The van der Waals surface area contributed by atoms with Crippen molar-refractivity contribution >= 4 is 40.5 Å². The highest BCUT2D eigenvalue weighted by atomic mass is 32.1. The molecule has 1 saturated heterocycles. The third-order valence-electron chi connectivity index (χ3n) is 6.68. The van der Waals surface area contributed by atoms with Gasteiger partial charge in [0.25, 0.3) is 5.91 Å². The van der Waals surface area contributed by atoms with E-state index in [1.54, 1.807) is 4.90 Å². The van der Waals surface area contributed by atoms with Crippen LogP contribution in [0.3, 0.4) is 0 Å². The molecule has 1 unspecified atom stereocenters. The van der Waals surface area contributed by atoms with E-state index in [9.17, 15) is 22.8 Å². The van der Waals surface area contributed by atoms with Crippen LogP contribution in [-0.4, -0.2) is 27.4 Å². The predicted molar refractivity (Wildman–Crippen MR) is 126 cm³/mol. The van der Waals surface area contributed by atoms with Gasteiger partial charge in [-0.1, -0.05) is 19.1 Å². The van der Waals surface area contributed by atoms with E-state index in [1.165, 1.54) is 6.07 Å². The minimum Gasteiger partial charge on any atom is -0.370 e. The number of pyridine rings is 1. The lowest BCUT2D eigenvalue weighted by Gasteiger charge is -2.43. The summed E-state index contributed by atoms with van der Waals surface area (Å²) in [6, 6.07) is 9.59. The zero-order chi connectivity index (χ0) is 25.5. The molecular formula is C24H22F3N5O2S. The van der Waals surface area contributed by atoms with E-state index >= 15 is 0 Å². The second-order valence-electron chi connectivity index (χ2n) is 8.84. The molecule has 35 heavy (non-hydrogen) atoms. The van der Waals surface area contributed by atoms with E-state index < -0.39 is 28.9 Å². The molecule has 1 aromatic carbocycles. The van der Waals surface area contributed by atoms with Crippen molar-refractivity contribution in [2.24, 2.45) is 5.73 Å². The Balaban J connectivity index is 1.68. The first kappa shape index (κ1) is 24.6. The van der Waals surface area contributed by atoms with Crippen LogP contribution >= 0.6 is 12.2 Å². The van der Waals surface area contributed by atoms with Gasteiger partial charge in [-0.3, -0.25) is 14.5 Å². The number of amides is 2. The molecule has 1 aliphatic heterocycles. The van der Waals surface area contributed by atoms with E-state index in [0.717, 1.165) is 29.1 Å². The molecule has 0 bridgehead atoms. The quantitative estimate of drug-likeness (QED) is 0.589. The fraction of sp³-hybridized carbons (Fsp3) is 0.375. The summed E-state index contributed by atoms with van der Waals surface area (Å²) in [5.41, 5.74) is 3.78. The minimum atomic E-state index is -4.81. The second kappa shape index (κ2) is 8.92. The Bertz CT molecular complexity index is 1240. The number of anilines is 2. The molecule has 2 aromatic rings. The summed E-state index contributed by atoms with van der Waals surface area (Å²) in [7, 11) is 0. The maximum Gasteiger partial charge on any atom is 0.419 e. The molecular weight excluding hydrogens is 479 g/mol. The third-order valence-corrected chi connectivity index (χ3v) is 7.04. The average molecular weight is 502 g/mol. The number of primary amides is 1. The Kier molecular flexibility index (Phi) is 6.27. The first-order chi connectivity index (χ1) is 16.5. The summed E-state index contributed by atoms with van der Waals surface area (Å²) in [5, 5.41) is 9.09. The first-order valence-electron chi connectivity index (χ1n) is 11.0. The number of nitrogens with zero attached hydrogens (tertiary/aromatic N) is 4. The summed E-state index contributed by atoms with van der Waals surface area (Å²) in [5.74, 6) is -0.692. The fourth-order valence-electron chi connectivity index (χ4n) is 4.57. The molecule has 11 heteroatoms. The standard InChI is InChI=1S/C24H22F3N5O2S/c1-14(3-8-20(29)33)15-4-6-16(7-5-15)32-22(35)31(21(34)23(32)9-2-10-23)17-11-18(24(25,26)27)19(12-28)30-13-17/h4-7,11,13-14H,2-3,8-10H2,1H3,(H2,29,33). The Morgan fingerprint density at radius 2 is 1.94 bits per heavy atom. The van der Waals surface area contributed by atoms with Crippen molar-refractivity contribution in [3.8, 4) is 6.07 Å². The van der Waals surface area contributed by atoms with Crippen LogP contribution in [0.1, 0.15) is 61.8 Å². The number of rotatable bonds is 6. The van der Waals surface area contributed by atoms with Crippen molar-refractivity contribution in [1.82, 2.24) is 4.98 Å². The monoisotopic (exact) mass is 501 g/mol. The van der Waals surface area contributed by atoms with Crippen molar-refractivity contribution < 1.29 is 22.8 Å². The Labute approximate surface area is 205 Å². The number of nitrogens with two attached hydrogens (primary N) is 1. The van der Waals surface area contributed by atoms with Gasteiger partial charge in [0, 0.05) is 12.1 Å². The molecule has 2 N–H and O–H groups in total. The van der Waals surface area contributed by atoms with Crippen LogP contribution in [0.5, 0.6) is 0 Å². The number of aromatic nitrogens is 1. The second-order valence-corrected chi connectivity index (χ2v) is 9.21. The van der Waals surface area contributed by atoms with Crippen LogP contribution in [0.25, 0.3) is 0 Å². The third kappa shape index (κ3) is 4.23. The largest absolute Gasteiger partial charge is 0.419 e. The van der Waals surface area contributed by atoms with Crippen molar-refractivity contribution in [2.75, 3.05) is 9.80 Å². The van der Waals surface area contributed by atoms with Gasteiger partial charge < -0.3 is 10.6 Å². The van der Waals surface area contributed by atoms with Crippen LogP contribution in [0.15, 0.2) is 36.5 Å². The maximum atomic E-state index is 13.5. The molecule has 1 aliphatic carbocycles. The zero-order valence-corrected chi connectivity index (χ0v) is 19.6. The molecule has 0 radical (unpaired) electrons. The first-order valence-corrected chi connectivity index (χ1v) is 11.4. The van der Waals surface area contributed by atoms with Crippen LogP contribution in [-0.2, 0) is 15.8 Å². The average Bonchev–Trinajstić information content (AvgIpc) is 3.03. The minimum absolute atomic E-state index is 0.0591. The van der Waals surface area contributed by atoms with Gasteiger partial charge in [-0.05, 0) is 67.6 Å². The summed E-state index contributed by atoms with van der Waals surface area (Å²) in [4.78, 5) is 31.0. The Morgan fingerprint density at radius 1 is 1.29 bits per heavy atom. The molecule has 1 aromatic heterocycles. The van der Waals surface area contributed by atoms with Crippen molar-refractivity contribution in [3.63, 3.8) is 0 Å². The molecule has 1 saturated carbocycles. The normalized spacial score (nSPS) is 17.9.